The van der Waals surface area contributed by atoms with E-state index >= 15 is 0 Å². The molecule has 0 unspecified atom stereocenters. The van der Waals surface area contributed by atoms with Crippen molar-refractivity contribution in [3.63, 3.8) is 0 Å². The summed E-state index contributed by atoms with van der Waals surface area (Å²) in [5.74, 6) is 0. The molecule has 0 saturated heterocycles. The number of nitrogens with two attached hydrogens (primary N) is 1. The predicted octanol–water partition coefficient (Wildman–Crippen LogP) is 2.44. The highest BCUT2D eigenvalue weighted by Gasteiger charge is 2.44. The molecule has 1 nitrogen and oxygen atoms in total. The maximum atomic E-state index is 5.62. The number of hydrogen-bond acceptors (Lipinski definition) is 2. The molecule has 2 heteroatoms. The maximum Gasteiger partial charge on any atom is 0.0137 e. The molecule has 0 aliphatic heterocycles. The third-order valence-corrected chi connectivity index (χ3v) is 4.08. The molecule has 2 N–H and O–H groups in total. The van der Waals surface area contributed by atoms with E-state index in [0.29, 0.717) is 5.41 Å². The van der Waals surface area contributed by atoms with Gasteiger partial charge in [0, 0.05) is 10.3 Å². The fourth-order valence-corrected chi connectivity index (χ4v) is 3.15. The van der Waals surface area contributed by atoms with Gasteiger partial charge in [-0.05, 0) is 49.7 Å². The van der Waals surface area contributed by atoms with Crippen LogP contribution in [-0.2, 0) is 5.41 Å². The van der Waals surface area contributed by atoms with E-state index in [1.54, 1.807) is 4.88 Å². The molecule has 0 atom stereocenters. The van der Waals surface area contributed by atoms with E-state index in [0.717, 1.165) is 6.54 Å². The molecule has 1 aliphatic rings. The van der Waals surface area contributed by atoms with Crippen LogP contribution in [0.3, 0.4) is 0 Å². The number of hydrogen-bond donors (Lipinski definition) is 1. The Kier molecular flexibility index (Phi) is 1.97. The summed E-state index contributed by atoms with van der Waals surface area (Å²) in [5.41, 5.74) is 7.59. The molecule has 1 heterocycles. The Morgan fingerprint density at radius 3 is 2.75 bits per heavy atom. The van der Waals surface area contributed by atoms with Crippen molar-refractivity contribution >= 4 is 11.3 Å². The van der Waals surface area contributed by atoms with Crippen molar-refractivity contribution in [2.24, 2.45) is 5.73 Å². The van der Waals surface area contributed by atoms with Crippen LogP contribution in [0.15, 0.2) is 11.4 Å². The summed E-state index contributed by atoms with van der Waals surface area (Å²) < 4.78 is 0. The van der Waals surface area contributed by atoms with Gasteiger partial charge >= 0.3 is 0 Å². The number of aryl methyl sites for hydroxylation is 1. The molecule has 0 aromatic carbocycles. The quantitative estimate of drug-likeness (QED) is 0.761. The van der Waals surface area contributed by atoms with Crippen LogP contribution in [0.1, 0.15) is 29.7 Å². The zero-order chi connectivity index (χ0) is 8.60. The molecule has 1 aliphatic carbocycles. The van der Waals surface area contributed by atoms with Crippen LogP contribution in [0.2, 0.25) is 0 Å². The zero-order valence-corrected chi connectivity index (χ0v) is 8.29. The first-order valence-electron chi connectivity index (χ1n) is 4.53. The van der Waals surface area contributed by atoms with Crippen molar-refractivity contribution in [1.82, 2.24) is 0 Å². The summed E-state index contributed by atoms with van der Waals surface area (Å²) in [5, 5.41) is 2.20. The normalized spacial score (nSPS) is 19.5. The van der Waals surface area contributed by atoms with Gasteiger partial charge < -0.3 is 5.73 Å². The second-order valence-corrected chi connectivity index (χ2v) is 4.67. The molecule has 1 aromatic rings. The largest absolute Gasteiger partial charge is 0.330 e. The average molecular weight is 181 g/mol. The van der Waals surface area contributed by atoms with Gasteiger partial charge in [0.2, 0.25) is 0 Å². The van der Waals surface area contributed by atoms with Crippen LogP contribution < -0.4 is 5.73 Å². The van der Waals surface area contributed by atoms with E-state index in [1.807, 2.05) is 11.3 Å². The molecule has 0 bridgehead atoms. The zero-order valence-electron chi connectivity index (χ0n) is 7.47. The van der Waals surface area contributed by atoms with E-state index in [9.17, 15) is 0 Å². The van der Waals surface area contributed by atoms with Gasteiger partial charge in [-0.25, -0.2) is 0 Å². The molecule has 1 aromatic heterocycles. The van der Waals surface area contributed by atoms with Gasteiger partial charge in [-0.1, -0.05) is 0 Å². The van der Waals surface area contributed by atoms with E-state index in [1.165, 1.54) is 24.8 Å². The molecule has 2 rings (SSSR count). The fourth-order valence-electron chi connectivity index (χ4n) is 1.93. The Morgan fingerprint density at radius 1 is 1.58 bits per heavy atom. The summed E-state index contributed by atoms with van der Waals surface area (Å²) in [6.07, 6.45) is 3.88. The van der Waals surface area contributed by atoms with Crippen LogP contribution in [0, 0.1) is 6.92 Å². The summed E-state index contributed by atoms with van der Waals surface area (Å²) in [6.45, 7) is 3.04. The van der Waals surface area contributed by atoms with Crippen LogP contribution in [0.5, 0.6) is 0 Å². The second kappa shape index (κ2) is 2.86. The van der Waals surface area contributed by atoms with Gasteiger partial charge in [-0.3, -0.25) is 0 Å². The minimum atomic E-state index is 0.507. The summed E-state index contributed by atoms with van der Waals surface area (Å²) in [7, 11) is 0. The summed E-state index contributed by atoms with van der Waals surface area (Å²) >= 11 is 1.90. The minimum Gasteiger partial charge on any atom is -0.330 e. The van der Waals surface area contributed by atoms with Crippen molar-refractivity contribution in [2.45, 2.75) is 31.6 Å². The standard InChI is InChI=1S/C10H15NS/c1-8-2-7-12-9(8)10(3-4-10)5-6-11/h2,7H,3-6,11H2,1H3. The average Bonchev–Trinajstić information content (AvgIpc) is 2.68. The first kappa shape index (κ1) is 8.27. The topological polar surface area (TPSA) is 26.0 Å². The Hall–Kier alpha value is -0.340. The van der Waals surface area contributed by atoms with Crippen LogP contribution in [0.4, 0.5) is 0 Å². The SMILES string of the molecule is Cc1ccsc1C1(CCN)CC1. The van der Waals surface area contributed by atoms with Crippen molar-refractivity contribution in [1.29, 1.82) is 0 Å². The highest BCUT2D eigenvalue weighted by molar-refractivity contribution is 7.10. The maximum absolute atomic E-state index is 5.62. The molecule has 0 radical (unpaired) electrons. The molecule has 1 fully saturated rings. The van der Waals surface area contributed by atoms with Gasteiger partial charge in [-0.2, -0.15) is 0 Å². The summed E-state index contributed by atoms with van der Waals surface area (Å²) in [4.78, 5) is 1.59. The predicted molar refractivity (Wildman–Crippen MR) is 53.6 cm³/mol. The molecule has 12 heavy (non-hydrogen) atoms. The Balaban J connectivity index is 2.24. The first-order valence-corrected chi connectivity index (χ1v) is 5.41. The minimum absolute atomic E-state index is 0.507. The van der Waals surface area contributed by atoms with Crippen LogP contribution in [0.25, 0.3) is 0 Å². The van der Waals surface area contributed by atoms with Gasteiger partial charge in [0.25, 0.3) is 0 Å². The van der Waals surface area contributed by atoms with Gasteiger partial charge in [-0.15, -0.1) is 11.3 Å². The molecular formula is C10H15NS. The third kappa shape index (κ3) is 1.19. The summed E-state index contributed by atoms with van der Waals surface area (Å²) in [6, 6.07) is 2.22. The highest BCUT2D eigenvalue weighted by Crippen LogP contribution is 2.53. The Labute approximate surface area is 77.6 Å². The lowest BCUT2D eigenvalue weighted by molar-refractivity contribution is 0.637. The van der Waals surface area contributed by atoms with Crippen molar-refractivity contribution < 1.29 is 0 Å². The van der Waals surface area contributed by atoms with Crippen LogP contribution >= 0.6 is 11.3 Å². The van der Waals surface area contributed by atoms with E-state index in [2.05, 4.69) is 18.4 Å². The van der Waals surface area contributed by atoms with E-state index < -0.39 is 0 Å². The lowest BCUT2D eigenvalue weighted by atomic mass is 9.98. The molecular weight excluding hydrogens is 166 g/mol. The molecule has 0 spiro atoms. The molecule has 1 saturated carbocycles. The first-order chi connectivity index (χ1) is 5.78. The lowest BCUT2D eigenvalue weighted by Crippen LogP contribution is -2.12. The highest BCUT2D eigenvalue weighted by atomic mass is 32.1. The Morgan fingerprint density at radius 2 is 2.33 bits per heavy atom. The van der Waals surface area contributed by atoms with Gasteiger partial charge in [0.1, 0.15) is 0 Å². The number of rotatable bonds is 3. The number of thiophene rings is 1. The Bertz CT molecular complexity index is 273. The molecule has 66 valence electrons. The molecule has 0 amide bonds. The van der Waals surface area contributed by atoms with E-state index in [-0.39, 0.29) is 0 Å². The van der Waals surface area contributed by atoms with Crippen molar-refractivity contribution in [2.75, 3.05) is 6.54 Å². The van der Waals surface area contributed by atoms with Crippen molar-refractivity contribution in [3.8, 4) is 0 Å². The van der Waals surface area contributed by atoms with Gasteiger partial charge in [0.15, 0.2) is 0 Å². The van der Waals surface area contributed by atoms with Crippen molar-refractivity contribution in [3.05, 3.63) is 21.9 Å². The smallest absolute Gasteiger partial charge is 0.0137 e. The fraction of sp³-hybridized carbons (Fsp3) is 0.600. The van der Waals surface area contributed by atoms with E-state index in [4.69, 9.17) is 5.73 Å². The van der Waals surface area contributed by atoms with Gasteiger partial charge in [0.05, 0.1) is 0 Å². The second-order valence-electron chi connectivity index (χ2n) is 3.75. The lowest BCUT2D eigenvalue weighted by Gasteiger charge is -2.12. The monoisotopic (exact) mass is 181 g/mol. The van der Waals surface area contributed by atoms with Crippen LogP contribution in [-0.4, -0.2) is 6.54 Å². The third-order valence-electron chi connectivity index (χ3n) is 2.82.